The second kappa shape index (κ2) is 10.3. The highest BCUT2D eigenvalue weighted by Crippen LogP contribution is 2.15. The number of nitrogens with one attached hydrogen (secondary N) is 3. The molecule has 0 aliphatic carbocycles. The van der Waals surface area contributed by atoms with Gasteiger partial charge in [0.2, 0.25) is 11.8 Å². The van der Waals surface area contributed by atoms with E-state index in [1.165, 1.54) is 0 Å². The minimum absolute atomic E-state index is 0.00910. The van der Waals surface area contributed by atoms with E-state index in [0.717, 1.165) is 12.1 Å². The molecule has 0 spiro atoms. The standard InChI is InChI=1S/C21H23F2N3O3/c1-13(2)11-20(28)26-16-6-4-15(5-7-16)25-19(27)9-10-24-21(29)17-8-3-14(22)12-18(17)23/h3-8,12-13H,9-11H2,1-2H3,(H,24,29)(H,25,27)(H,26,28). The molecule has 2 rings (SSSR count). The molecule has 2 aromatic rings. The quantitative estimate of drug-likeness (QED) is 0.628. The number of carbonyl (C=O) groups excluding carboxylic acids is 3. The molecule has 0 radical (unpaired) electrons. The molecule has 0 atom stereocenters. The number of amides is 3. The van der Waals surface area contributed by atoms with E-state index in [1.807, 2.05) is 13.8 Å². The fourth-order valence-corrected chi connectivity index (χ4v) is 2.50. The van der Waals surface area contributed by atoms with Crippen LogP contribution in [0.4, 0.5) is 20.2 Å². The van der Waals surface area contributed by atoms with Crippen molar-refractivity contribution in [2.75, 3.05) is 17.2 Å². The summed E-state index contributed by atoms with van der Waals surface area (Å²) in [6.45, 7) is 3.90. The minimum atomic E-state index is -0.965. The third-order valence-electron chi connectivity index (χ3n) is 3.86. The lowest BCUT2D eigenvalue weighted by Gasteiger charge is -2.09. The zero-order valence-corrected chi connectivity index (χ0v) is 16.2. The van der Waals surface area contributed by atoms with Crippen molar-refractivity contribution in [2.24, 2.45) is 5.92 Å². The van der Waals surface area contributed by atoms with Crippen LogP contribution >= 0.6 is 0 Å². The van der Waals surface area contributed by atoms with E-state index >= 15 is 0 Å². The normalized spacial score (nSPS) is 10.5. The van der Waals surface area contributed by atoms with Crippen LogP contribution in [-0.2, 0) is 9.59 Å². The third kappa shape index (κ3) is 7.33. The zero-order chi connectivity index (χ0) is 21.4. The number of carbonyl (C=O) groups is 3. The molecule has 2 aromatic carbocycles. The predicted molar refractivity (Wildman–Crippen MR) is 106 cm³/mol. The summed E-state index contributed by atoms with van der Waals surface area (Å²) in [5.41, 5.74) is 0.872. The maximum Gasteiger partial charge on any atom is 0.254 e. The molecule has 0 fully saturated rings. The van der Waals surface area contributed by atoms with E-state index in [2.05, 4.69) is 16.0 Å². The van der Waals surface area contributed by atoms with Crippen LogP contribution in [-0.4, -0.2) is 24.3 Å². The van der Waals surface area contributed by atoms with Gasteiger partial charge in [-0.3, -0.25) is 14.4 Å². The predicted octanol–water partition coefficient (Wildman–Crippen LogP) is 3.71. The van der Waals surface area contributed by atoms with Gasteiger partial charge in [0.15, 0.2) is 0 Å². The topological polar surface area (TPSA) is 87.3 Å². The van der Waals surface area contributed by atoms with Gasteiger partial charge in [-0.15, -0.1) is 0 Å². The van der Waals surface area contributed by atoms with E-state index in [4.69, 9.17) is 0 Å². The lowest BCUT2D eigenvalue weighted by Crippen LogP contribution is -2.28. The molecule has 0 unspecified atom stereocenters. The number of hydrogen-bond acceptors (Lipinski definition) is 3. The lowest BCUT2D eigenvalue weighted by molar-refractivity contribution is -0.117. The summed E-state index contributed by atoms with van der Waals surface area (Å²) in [5.74, 6) is -2.63. The van der Waals surface area contributed by atoms with E-state index in [0.29, 0.717) is 23.9 Å². The van der Waals surface area contributed by atoms with E-state index in [-0.39, 0.29) is 36.3 Å². The van der Waals surface area contributed by atoms with Crippen molar-refractivity contribution in [2.45, 2.75) is 26.7 Å². The molecule has 0 aliphatic heterocycles. The van der Waals surface area contributed by atoms with Gasteiger partial charge in [-0.2, -0.15) is 0 Å². The molecular formula is C21H23F2N3O3. The Hall–Kier alpha value is -3.29. The van der Waals surface area contributed by atoms with Crippen LogP contribution < -0.4 is 16.0 Å². The van der Waals surface area contributed by atoms with Gasteiger partial charge in [-0.1, -0.05) is 13.8 Å². The molecule has 6 nitrogen and oxygen atoms in total. The van der Waals surface area contributed by atoms with Gasteiger partial charge in [0, 0.05) is 36.8 Å². The number of benzene rings is 2. The van der Waals surface area contributed by atoms with Crippen molar-refractivity contribution >= 4 is 29.1 Å². The lowest BCUT2D eigenvalue weighted by atomic mass is 10.1. The van der Waals surface area contributed by atoms with E-state index in [9.17, 15) is 23.2 Å². The maximum absolute atomic E-state index is 13.5. The van der Waals surface area contributed by atoms with Gasteiger partial charge < -0.3 is 16.0 Å². The molecule has 0 aromatic heterocycles. The Bertz CT molecular complexity index is 883. The summed E-state index contributed by atoms with van der Waals surface area (Å²) in [7, 11) is 0. The molecule has 0 bridgehead atoms. The molecule has 8 heteroatoms. The first-order valence-corrected chi connectivity index (χ1v) is 9.17. The Morgan fingerprint density at radius 1 is 0.897 bits per heavy atom. The summed E-state index contributed by atoms with van der Waals surface area (Å²) >= 11 is 0. The van der Waals surface area contributed by atoms with Crippen LogP contribution in [0.5, 0.6) is 0 Å². The fraction of sp³-hybridized carbons (Fsp3) is 0.286. The SMILES string of the molecule is CC(C)CC(=O)Nc1ccc(NC(=O)CCNC(=O)c2ccc(F)cc2F)cc1. The largest absolute Gasteiger partial charge is 0.351 e. The summed E-state index contributed by atoms with van der Waals surface area (Å²) in [4.78, 5) is 35.6. The van der Waals surface area contributed by atoms with Crippen LogP contribution in [0.15, 0.2) is 42.5 Å². The smallest absolute Gasteiger partial charge is 0.254 e. The average Bonchev–Trinajstić information content (AvgIpc) is 2.62. The van der Waals surface area contributed by atoms with E-state index in [1.54, 1.807) is 24.3 Å². The monoisotopic (exact) mass is 403 g/mol. The minimum Gasteiger partial charge on any atom is -0.351 e. The van der Waals surface area contributed by atoms with Crippen molar-refractivity contribution in [1.82, 2.24) is 5.32 Å². The van der Waals surface area contributed by atoms with Gasteiger partial charge >= 0.3 is 0 Å². The first kappa shape index (κ1) is 22.0. The van der Waals surface area contributed by atoms with Gasteiger partial charge in [-0.05, 0) is 42.3 Å². The van der Waals surface area contributed by atoms with Crippen molar-refractivity contribution < 1.29 is 23.2 Å². The molecule has 0 aliphatic rings. The molecule has 0 heterocycles. The highest BCUT2D eigenvalue weighted by Gasteiger charge is 2.12. The molecular weight excluding hydrogens is 380 g/mol. The second-order valence-electron chi connectivity index (χ2n) is 6.90. The molecule has 29 heavy (non-hydrogen) atoms. The average molecular weight is 403 g/mol. The van der Waals surface area contributed by atoms with E-state index < -0.39 is 17.5 Å². The molecule has 0 saturated carbocycles. The van der Waals surface area contributed by atoms with Crippen molar-refractivity contribution in [3.63, 3.8) is 0 Å². The van der Waals surface area contributed by atoms with Crippen molar-refractivity contribution in [3.8, 4) is 0 Å². The molecule has 0 saturated heterocycles. The van der Waals surface area contributed by atoms with Crippen LogP contribution in [0.2, 0.25) is 0 Å². The van der Waals surface area contributed by atoms with Crippen LogP contribution in [0, 0.1) is 17.6 Å². The van der Waals surface area contributed by atoms with Gasteiger partial charge in [0.05, 0.1) is 5.56 Å². The summed E-state index contributed by atoms with van der Waals surface area (Å²) in [6.07, 6.45) is 0.396. The summed E-state index contributed by atoms with van der Waals surface area (Å²) in [5, 5.41) is 7.84. The number of hydrogen-bond donors (Lipinski definition) is 3. The summed E-state index contributed by atoms with van der Waals surface area (Å²) in [6, 6.07) is 9.29. The Kier molecular flexibility index (Phi) is 7.82. The number of halogens is 2. The zero-order valence-electron chi connectivity index (χ0n) is 16.2. The Balaban J connectivity index is 1.77. The van der Waals surface area contributed by atoms with Crippen LogP contribution in [0.25, 0.3) is 0 Å². The first-order chi connectivity index (χ1) is 13.7. The number of anilines is 2. The highest BCUT2D eigenvalue weighted by atomic mass is 19.1. The maximum atomic E-state index is 13.5. The molecule has 3 amide bonds. The van der Waals surface area contributed by atoms with Gasteiger partial charge in [-0.25, -0.2) is 8.78 Å². The summed E-state index contributed by atoms with van der Waals surface area (Å²) < 4.78 is 26.4. The van der Waals surface area contributed by atoms with Gasteiger partial charge in [0.1, 0.15) is 11.6 Å². The molecule has 154 valence electrons. The Morgan fingerprint density at radius 3 is 2.03 bits per heavy atom. The Morgan fingerprint density at radius 2 is 1.48 bits per heavy atom. The van der Waals surface area contributed by atoms with Crippen molar-refractivity contribution in [3.05, 3.63) is 59.7 Å². The van der Waals surface area contributed by atoms with Crippen LogP contribution in [0.1, 0.15) is 37.0 Å². The second-order valence-corrected chi connectivity index (χ2v) is 6.90. The van der Waals surface area contributed by atoms with Crippen molar-refractivity contribution in [1.29, 1.82) is 0 Å². The highest BCUT2D eigenvalue weighted by molar-refractivity contribution is 5.95. The van der Waals surface area contributed by atoms with Gasteiger partial charge in [0.25, 0.3) is 5.91 Å². The van der Waals surface area contributed by atoms with Crippen LogP contribution in [0.3, 0.4) is 0 Å². The molecule has 3 N–H and O–H groups in total. The fourth-order valence-electron chi connectivity index (χ4n) is 2.50. The third-order valence-corrected chi connectivity index (χ3v) is 3.86. The first-order valence-electron chi connectivity index (χ1n) is 9.17. The number of rotatable bonds is 8. The Labute approximate surface area is 167 Å².